The molecule has 2 aromatic rings. The number of hydrogen-bond donors (Lipinski definition) is 1. The lowest BCUT2D eigenvalue weighted by Crippen LogP contribution is -2.38. The summed E-state index contributed by atoms with van der Waals surface area (Å²) >= 11 is 12.3. The molecule has 1 aromatic carbocycles. The number of benzene rings is 1. The molecule has 2 heterocycles. The predicted octanol–water partition coefficient (Wildman–Crippen LogP) is 4.11. The molecule has 1 aliphatic rings. The number of nitrogens with one attached hydrogen (secondary N) is 1. The minimum absolute atomic E-state index is 0.0434. The monoisotopic (exact) mass is 410 g/mol. The molecule has 0 radical (unpaired) electrons. The molecular weight excluding hydrogens is 383 g/mol. The van der Waals surface area contributed by atoms with Crippen molar-refractivity contribution in [2.75, 3.05) is 26.2 Å². The lowest BCUT2D eigenvalue weighted by atomic mass is 10.1. The van der Waals surface area contributed by atoms with Crippen LogP contribution in [0, 0.1) is 5.92 Å². The van der Waals surface area contributed by atoms with Crippen LogP contribution in [0.1, 0.15) is 45.5 Å². The second-order valence-corrected chi connectivity index (χ2v) is 8.23. The molecule has 0 amide bonds. The number of hydrogen-bond acceptors (Lipinski definition) is 4. The van der Waals surface area contributed by atoms with Crippen molar-refractivity contribution in [1.82, 2.24) is 19.8 Å². The Labute approximate surface area is 170 Å². The second-order valence-electron chi connectivity index (χ2n) is 7.41. The fourth-order valence-corrected chi connectivity index (χ4v) is 4.27. The third-order valence-electron chi connectivity index (χ3n) is 5.26. The second kappa shape index (κ2) is 8.91. The lowest BCUT2D eigenvalue weighted by molar-refractivity contribution is 0.169. The summed E-state index contributed by atoms with van der Waals surface area (Å²) in [7, 11) is 0. The van der Waals surface area contributed by atoms with Crippen LogP contribution in [0.5, 0.6) is 0 Å². The first kappa shape index (κ1) is 20.6. The van der Waals surface area contributed by atoms with Crippen molar-refractivity contribution in [2.24, 2.45) is 5.92 Å². The van der Waals surface area contributed by atoms with Crippen LogP contribution in [0.4, 0.5) is 0 Å². The van der Waals surface area contributed by atoms with Gasteiger partial charge in [0.1, 0.15) is 5.82 Å². The van der Waals surface area contributed by atoms with E-state index in [4.69, 9.17) is 28.2 Å². The van der Waals surface area contributed by atoms with Crippen molar-refractivity contribution < 1.29 is 0 Å². The van der Waals surface area contributed by atoms with E-state index in [1.807, 2.05) is 6.92 Å². The van der Waals surface area contributed by atoms with Gasteiger partial charge >= 0.3 is 0 Å². The van der Waals surface area contributed by atoms with Crippen molar-refractivity contribution >= 4 is 34.1 Å². The summed E-state index contributed by atoms with van der Waals surface area (Å²) in [5, 5.41) is 4.83. The van der Waals surface area contributed by atoms with Gasteiger partial charge < -0.3 is 5.32 Å². The highest BCUT2D eigenvalue weighted by Crippen LogP contribution is 2.29. The molecule has 1 fully saturated rings. The summed E-state index contributed by atoms with van der Waals surface area (Å²) < 4.78 is 1.80. The smallest absolute Gasteiger partial charge is 0.261 e. The lowest BCUT2D eigenvalue weighted by Gasteiger charge is -2.32. The van der Waals surface area contributed by atoms with Gasteiger partial charge in [-0.25, -0.2) is 4.98 Å². The van der Waals surface area contributed by atoms with E-state index in [-0.39, 0.29) is 11.6 Å². The predicted molar refractivity (Wildman–Crippen MR) is 113 cm³/mol. The Morgan fingerprint density at radius 1 is 1.30 bits per heavy atom. The highest BCUT2D eigenvalue weighted by atomic mass is 35.5. The molecule has 0 spiro atoms. The van der Waals surface area contributed by atoms with Crippen LogP contribution in [-0.2, 0) is 6.54 Å². The zero-order valence-electron chi connectivity index (χ0n) is 16.3. The fraction of sp³-hybridized carbons (Fsp3) is 0.600. The number of aromatic nitrogens is 2. The molecular formula is C20H28Cl2N4O. The largest absolute Gasteiger partial charge is 0.315 e. The van der Waals surface area contributed by atoms with Crippen molar-refractivity contribution in [2.45, 2.75) is 46.2 Å². The summed E-state index contributed by atoms with van der Waals surface area (Å²) in [6, 6.07) is 3.46. The van der Waals surface area contributed by atoms with Crippen LogP contribution in [-0.4, -0.2) is 40.6 Å². The molecule has 7 heteroatoms. The van der Waals surface area contributed by atoms with Crippen molar-refractivity contribution in [3.05, 3.63) is 38.4 Å². The van der Waals surface area contributed by atoms with Gasteiger partial charge in [0.25, 0.3) is 5.56 Å². The molecule has 0 saturated carbocycles. The molecule has 2 atom stereocenters. The molecule has 148 valence electrons. The summed E-state index contributed by atoms with van der Waals surface area (Å²) in [5.74, 6) is 1.40. The maximum Gasteiger partial charge on any atom is 0.261 e. The van der Waals surface area contributed by atoms with Crippen LogP contribution >= 0.6 is 23.2 Å². The molecule has 1 saturated heterocycles. The maximum absolute atomic E-state index is 13.2. The van der Waals surface area contributed by atoms with E-state index in [1.54, 1.807) is 16.7 Å². The average Bonchev–Trinajstić information content (AvgIpc) is 2.85. The van der Waals surface area contributed by atoms with E-state index < -0.39 is 0 Å². The Hall–Kier alpha value is -1.14. The zero-order chi connectivity index (χ0) is 19.6. The number of halogens is 2. The van der Waals surface area contributed by atoms with E-state index >= 15 is 0 Å². The fourth-order valence-electron chi connectivity index (χ4n) is 3.95. The summed E-state index contributed by atoms with van der Waals surface area (Å²) in [5.41, 5.74) is 0.578. The van der Waals surface area contributed by atoms with Gasteiger partial charge in [0.05, 0.1) is 27.0 Å². The summed E-state index contributed by atoms with van der Waals surface area (Å²) in [6.45, 7) is 10.9. The first-order valence-electron chi connectivity index (χ1n) is 9.80. The van der Waals surface area contributed by atoms with Gasteiger partial charge in [-0.2, -0.15) is 0 Å². The topological polar surface area (TPSA) is 50.2 Å². The Morgan fingerprint density at radius 2 is 2.04 bits per heavy atom. The van der Waals surface area contributed by atoms with Crippen molar-refractivity contribution in [1.29, 1.82) is 0 Å². The van der Waals surface area contributed by atoms with Gasteiger partial charge in [-0.15, -0.1) is 0 Å². The number of fused-ring (bicyclic) bond motifs is 1. The van der Waals surface area contributed by atoms with E-state index in [2.05, 4.69) is 24.1 Å². The summed E-state index contributed by atoms with van der Waals surface area (Å²) in [6.07, 6.45) is 1.99. The quantitative estimate of drug-likeness (QED) is 0.805. The van der Waals surface area contributed by atoms with Gasteiger partial charge in [-0.05, 0) is 37.9 Å². The molecule has 1 N–H and O–H groups in total. The van der Waals surface area contributed by atoms with Gasteiger partial charge in [-0.3, -0.25) is 14.3 Å². The molecule has 5 nitrogen and oxygen atoms in total. The van der Waals surface area contributed by atoms with Crippen molar-refractivity contribution in [3.63, 3.8) is 0 Å². The highest BCUT2D eigenvalue weighted by Gasteiger charge is 2.27. The zero-order valence-corrected chi connectivity index (χ0v) is 17.8. The minimum atomic E-state index is -0.0434. The molecule has 0 unspecified atom stereocenters. The van der Waals surface area contributed by atoms with Crippen LogP contribution in [0.3, 0.4) is 0 Å². The van der Waals surface area contributed by atoms with Gasteiger partial charge in [0, 0.05) is 26.2 Å². The number of rotatable bonds is 5. The highest BCUT2D eigenvalue weighted by molar-refractivity contribution is 6.42. The SMILES string of the molecule is CCC[C@@H](c1nc2cc(Cl)c(Cl)cc2c(=O)n1CC)N1CCNC[C@@H](C)C1. The standard InChI is InChI=1S/C20H28Cl2N4O/c1-4-6-18(25-8-7-23-11-13(3)12-25)19-24-17-10-16(22)15(21)9-14(17)20(27)26(19)5-2/h9-10,13,18,23H,4-8,11-12H2,1-3H3/t13-,18+/m1/s1. The molecule has 3 rings (SSSR count). The van der Waals surface area contributed by atoms with E-state index in [0.717, 1.165) is 44.8 Å². The van der Waals surface area contributed by atoms with Crippen LogP contribution in [0.2, 0.25) is 10.0 Å². The van der Waals surface area contributed by atoms with E-state index in [9.17, 15) is 4.79 Å². The average molecular weight is 411 g/mol. The van der Waals surface area contributed by atoms with Gasteiger partial charge in [0.2, 0.25) is 0 Å². The Balaban J connectivity index is 2.16. The van der Waals surface area contributed by atoms with Crippen LogP contribution < -0.4 is 10.9 Å². The molecule has 1 aliphatic heterocycles. The third-order valence-corrected chi connectivity index (χ3v) is 5.98. The van der Waals surface area contributed by atoms with Gasteiger partial charge in [-0.1, -0.05) is 43.5 Å². The third kappa shape index (κ3) is 4.32. The Kier molecular flexibility index (Phi) is 6.79. The first-order chi connectivity index (χ1) is 13.0. The molecule has 0 bridgehead atoms. The maximum atomic E-state index is 13.2. The normalized spacial score (nSPS) is 20.0. The van der Waals surface area contributed by atoms with Crippen molar-refractivity contribution in [3.8, 4) is 0 Å². The minimum Gasteiger partial charge on any atom is -0.315 e. The molecule has 27 heavy (non-hydrogen) atoms. The van der Waals surface area contributed by atoms with Crippen LogP contribution in [0.15, 0.2) is 16.9 Å². The number of nitrogens with zero attached hydrogens (tertiary/aromatic N) is 3. The van der Waals surface area contributed by atoms with Crippen LogP contribution in [0.25, 0.3) is 10.9 Å². The van der Waals surface area contributed by atoms with Gasteiger partial charge in [0.15, 0.2) is 0 Å². The van der Waals surface area contributed by atoms with E-state index in [1.165, 1.54) is 0 Å². The molecule has 1 aromatic heterocycles. The Morgan fingerprint density at radius 3 is 2.74 bits per heavy atom. The molecule has 0 aliphatic carbocycles. The van der Waals surface area contributed by atoms with E-state index in [0.29, 0.717) is 33.4 Å². The Bertz CT molecular complexity index is 867. The summed E-state index contributed by atoms with van der Waals surface area (Å²) in [4.78, 5) is 20.6. The first-order valence-corrected chi connectivity index (χ1v) is 10.6.